The first-order chi connectivity index (χ1) is 12.7. The van der Waals surface area contributed by atoms with Gasteiger partial charge in [0, 0.05) is 6.54 Å². The number of nitrogens with zero attached hydrogens (tertiary/aromatic N) is 1. The van der Waals surface area contributed by atoms with Crippen molar-refractivity contribution in [1.82, 2.24) is 4.90 Å². The number of hydrogen-bond donors (Lipinski definition) is 0. The minimum absolute atomic E-state index is 0.337. The molecule has 0 radical (unpaired) electrons. The molecular formula is C20H22F3NO2S. The second kappa shape index (κ2) is 7.64. The summed E-state index contributed by atoms with van der Waals surface area (Å²) in [7, 11) is -3.38. The van der Waals surface area contributed by atoms with Gasteiger partial charge >= 0.3 is 6.18 Å². The molecule has 1 aliphatic rings. The first kappa shape index (κ1) is 19.9. The van der Waals surface area contributed by atoms with Crippen molar-refractivity contribution in [2.24, 2.45) is 0 Å². The van der Waals surface area contributed by atoms with Crippen molar-refractivity contribution in [2.75, 3.05) is 13.1 Å². The standard InChI is InChI=1S/C20H22F3NO2S/c1-15-5-7-18(8-6-15)27(25,26)19-9-11-24(12-10-19)14-16-3-2-4-17(13-16)20(21,22)23/h2-8,13,19H,9-12,14H2,1H3. The van der Waals surface area contributed by atoms with Crippen LogP contribution < -0.4 is 0 Å². The summed E-state index contributed by atoms with van der Waals surface area (Å²) in [5.41, 5.74) is 0.936. The number of aryl methyl sites for hydroxylation is 1. The van der Waals surface area contributed by atoms with Crippen molar-refractivity contribution in [2.45, 2.75) is 42.6 Å². The van der Waals surface area contributed by atoms with Gasteiger partial charge in [0.05, 0.1) is 15.7 Å². The quantitative estimate of drug-likeness (QED) is 0.765. The maximum atomic E-state index is 12.8. The number of sulfone groups is 1. The second-order valence-corrected chi connectivity index (χ2v) is 9.26. The van der Waals surface area contributed by atoms with E-state index in [2.05, 4.69) is 0 Å². The monoisotopic (exact) mass is 397 g/mol. The lowest BCUT2D eigenvalue weighted by Gasteiger charge is -2.31. The van der Waals surface area contributed by atoms with E-state index in [0.29, 0.717) is 42.9 Å². The Morgan fingerprint density at radius 3 is 2.26 bits per heavy atom. The Hall–Kier alpha value is -1.86. The zero-order valence-electron chi connectivity index (χ0n) is 15.0. The number of likely N-dealkylation sites (tertiary alicyclic amines) is 1. The molecule has 0 bridgehead atoms. The van der Waals surface area contributed by atoms with Gasteiger partial charge in [-0.2, -0.15) is 13.2 Å². The summed E-state index contributed by atoms with van der Waals surface area (Å²) >= 11 is 0. The maximum Gasteiger partial charge on any atom is 0.416 e. The molecule has 3 nitrogen and oxygen atoms in total. The summed E-state index contributed by atoms with van der Waals surface area (Å²) in [5, 5.41) is -0.446. The van der Waals surface area contributed by atoms with Crippen LogP contribution in [0.15, 0.2) is 53.4 Å². The summed E-state index contributed by atoms with van der Waals surface area (Å²) < 4.78 is 64.1. The summed E-state index contributed by atoms with van der Waals surface area (Å²) in [6.45, 7) is 3.39. The normalized spacial score (nSPS) is 17.2. The molecular weight excluding hydrogens is 375 g/mol. The molecule has 27 heavy (non-hydrogen) atoms. The molecule has 0 spiro atoms. The summed E-state index contributed by atoms with van der Waals surface area (Å²) in [6, 6.07) is 12.2. The van der Waals surface area contributed by atoms with Crippen LogP contribution in [-0.2, 0) is 22.6 Å². The maximum absolute atomic E-state index is 12.8. The smallest absolute Gasteiger partial charge is 0.299 e. The van der Waals surface area contributed by atoms with E-state index in [1.807, 2.05) is 11.8 Å². The van der Waals surface area contributed by atoms with Gasteiger partial charge in [-0.25, -0.2) is 8.42 Å². The van der Waals surface area contributed by atoms with Gasteiger partial charge in [0.2, 0.25) is 0 Å². The summed E-state index contributed by atoms with van der Waals surface area (Å²) in [5.74, 6) is 0. The Morgan fingerprint density at radius 1 is 1.04 bits per heavy atom. The molecule has 2 aromatic rings. The van der Waals surface area contributed by atoms with E-state index >= 15 is 0 Å². The molecule has 1 heterocycles. The fraction of sp³-hybridized carbons (Fsp3) is 0.400. The second-order valence-electron chi connectivity index (χ2n) is 7.03. The topological polar surface area (TPSA) is 37.4 Å². The van der Waals surface area contributed by atoms with Crippen LogP contribution >= 0.6 is 0 Å². The van der Waals surface area contributed by atoms with Crippen LogP contribution in [0, 0.1) is 6.92 Å². The van der Waals surface area contributed by atoms with Crippen molar-refractivity contribution in [1.29, 1.82) is 0 Å². The van der Waals surface area contributed by atoms with Gasteiger partial charge in [-0.15, -0.1) is 0 Å². The first-order valence-electron chi connectivity index (χ1n) is 8.85. The highest BCUT2D eigenvalue weighted by atomic mass is 32.2. The van der Waals surface area contributed by atoms with Crippen molar-refractivity contribution >= 4 is 9.84 Å². The third-order valence-corrected chi connectivity index (χ3v) is 7.26. The molecule has 7 heteroatoms. The SMILES string of the molecule is Cc1ccc(S(=O)(=O)C2CCN(Cc3cccc(C(F)(F)F)c3)CC2)cc1. The third-order valence-electron chi connectivity index (χ3n) is 4.98. The van der Waals surface area contributed by atoms with Gasteiger partial charge in [-0.05, 0) is 56.6 Å². The van der Waals surface area contributed by atoms with E-state index < -0.39 is 26.8 Å². The van der Waals surface area contributed by atoms with Crippen LogP contribution in [0.25, 0.3) is 0 Å². The Bertz CT molecular complexity index is 884. The van der Waals surface area contributed by atoms with Crippen LogP contribution in [0.2, 0.25) is 0 Å². The number of halogens is 3. The van der Waals surface area contributed by atoms with E-state index in [0.717, 1.165) is 17.7 Å². The lowest BCUT2D eigenvalue weighted by Crippen LogP contribution is -2.38. The third kappa shape index (κ3) is 4.71. The lowest BCUT2D eigenvalue weighted by atomic mass is 10.1. The minimum Gasteiger partial charge on any atom is -0.299 e. The Balaban J connectivity index is 1.63. The molecule has 1 saturated heterocycles. The van der Waals surface area contributed by atoms with Gasteiger partial charge in [0.1, 0.15) is 0 Å². The number of benzene rings is 2. The zero-order valence-corrected chi connectivity index (χ0v) is 15.9. The van der Waals surface area contributed by atoms with Gasteiger partial charge < -0.3 is 0 Å². The van der Waals surface area contributed by atoms with Gasteiger partial charge in [-0.1, -0.05) is 35.9 Å². The first-order valence-corrected chi connectivity index (χ1v) is 10.4. The average Bonchev–Trinajstić information content (AvgIpc) is 2.62. The number of hydrogen-bond acceptors (Lipinski definition) is 3. The Kier molecular flexibility index (Phi) is 5.63. The van der Waals surface area contributed by atoms with Crippen molar-refractivity contribution in [3.8, 4) is 0 Å². The van der Waals surface area contributed by atoms with Gasteiger partial charge in [0.25, 0.3) is 0 Å². The van der Waals surface area contributed by atoms with Crippen molar-refractivity contribution < 1.29 is 21.6 Å². The van der Waals surface area contributed by atoms with Crippen LogP contribution in [0.3, 0.4) is 0 Å². The highest BCUT2D eigenvalue weighted by Crippen LogP contribution is 2.30. The van der Waals surface area contributed by atoms with Crippen LogP contribution in [0.4, 0.5) is 13.2 Å². The molecule has 2 aromatic carbocycles. The molecule has 1 fully saturated rings. The summed E-state index contributed by atoms with van der Waals surface area (Å²) in [4.78, 5) is 2.35. The minimum atomic E-state index is -4.36. The fourth-order valence-electron chi connectivity index (χ4n) is 3.40. The molecule has 0 atom stereocenters. The highest BCUT2D eigenvalue weighted by Gasteiger charge is 2.32. The molecule has 146 valence electrons. The molecule has 0 N–H and O–H groups in total. The van der Waals surface area contributed by atoms with E-state index in [9.17, 15) is 21.6 Å². The van der Waals surface area contributed by atoms with Crippen LogP contribution in [-0.4, -0.2) is 31.7 Å². The van der Waals surface area contributed by atoms with E-state index in [1.165, 1.54) is 6.07 Å². The zero-order chi connectivity index (χ0) is 19.7. The van der Waals surface area contributed by atoms with Gasteiger partial charge in [-0.3, -0.25) is 4.90 Å². The van der Waals surface area contributed by atoms with E-state index in [-0.39, 0.29) is 0 Å². The number of rotatable bonds is 4. The molecule has 0 saturated carbocycles. The van der Waals surface area contributed by atoms with Crippen LogP contribution in [0.5, 0.6) is 0 Å². The molecule has 0 unspecified atom stereocenters. The van der Waals surface area contributed by atoms with Crippen molar-refractivity contribution in [3.63, 3.8) is 0 Å². The number of piperidine rings is 1. The molecule has 3 rings (SSSR count). The highest BCUT2D eigenvalue weighted by molar-refractivity contribution is 7.92. The Labute approximate surface area is 157 Å². The molecule has 0 aromatic heterocycles. The van der Waals surface area contributed by atoms with Gasteiger partial charge in [0.15, 0.2) is 9.84 Å². The van der Waals surface area contributed by atoms with E-state index in [4.69, 9.17) is 0 Å². The van der Waals surface area contributed by atoms with Crippen molar-refractivity contribution in [3.05, 3.63) is 65.2 Å². The predicted molar refractivity (Wildman–Crippen MR) is 98.1 cm³/mol. The fourth-order valence-corrected chi connectivity index (χ4v) is 5.13. The van der Waals surface area contributed by atoms with E-state index in [1.54, 1.807) is 30.3 Å². The average molecular weight is 397 g/mol. The largest absolute Gasteiger partial charge is 0.416 e. The lowest BCUT2D eigenvalue weighted by molar-refractivity contribution is -0.137. The Morgan fingerprint density at radius 2 is 1.67 bits per heavy atom. The van der Waals surface area contributed by atoms with Crippen LogP contribution in [0.1, 0.15) is 29.5 Å². The molecule has 0 aliphatic carbocycles. The predicted octanol–water partition coefficient (Wildman–Crippen LogP) is 4.45. The summed E-state index contributed by atoms with van der Waals surface area (Å²) in [6.07, 6.45) is -3.39. The molecule has 1 aliphatic heterocycles. The molecule has 0 amide bonds. The number of alkyl halides is 3.